The maximum absolute atomic E-state index is 13.2. The molecule has 0 spiro atoms. The van der Waals surface area contributed by atoms with E-state index in [9.17, 15) is 9.59 Å². The van der Waals surface area contributed by atoms with Crippen LogP contribution in [0.4, 0.5) is 11.6 Å². The molecule has 1 aliphatic heterocycles. The largest absolute Gasteiger partial charge is 0.383 e. The number of anilines is 2. The fraction of sp³-hybridized carbons (Fsp3) is 0.450. The molecule has 154 valence electrons. The maximum Gasteiger partial charge on any atom is 0.332 e. The number of aromatic nitrogens is 4. The van der Waals surface area contributed by atoms with E-state index >= 15 is 0 Å². The lowest BCUT2D eigenvalue weighted by Gasteiger charge is -2.33. The Balaban J connectivity index is 2.00. The predicted octanol–water partition coefficient (Wildman–Crippen LogP) is 2.29. The first-order chi connectivity index (χ1) is 13.8. The van der Waals surface area contributed by atoms with E-state index in [0.29, 0.717) is 28.7 Å². The van der Waals surface area contributed by atoms with Gasteiger partial charge in [-0.1, -0.05) is 24.6 Å². The number of fused-ring (bicyclic) bond motifs is 3. The first kappa shape index (κ1) is 19.7. The van der Waals surface area contributed by atoms with Crippen LogP contribution in [-0.4, -0.2) is 38.9 Å². The molecule has 0 amide bonds. The summed E-state index contributed by atoms with van der Waals surface area (Å²) in [7, 11) is 3.19. The normalized spacial score (nSPS) is 16.4. The Morgan fingerprint density at radius 1 is 1.28 bits per heavy atom. The summed E-state index contributed by atoms with van der Waals surface area (Å²) in [6.45, 7) is 6.03. The van der Waals surface area contributed by atoms with Gasteiger partial charge in [0.05, 0.1) is 13.2 Å². The van der Waals surface area contributed by atoms with Gasteiger partial charge in [0.15, 0.2) is 11.2 Å². The standard InChI is InChI=1S/C20H24ClN5O3/c1-12-10-25(15-9-14(21)6-5-13(15)2)19-22-17-16(26(19)11-12)18(27)24(7-8-29-4)20(28)23(17)3/h5-6,9,12H,7-8,10-11H2,1-4H3/t12-/m0/s1. The molecular weight excluding hydrogens is 394 g/mol. The minimum Gasteiger partial charge on any atom is -0.383 e. The van der Waals surface area contributed by atoms with Gasteiger partial charge in [0.25, 0.3) is 5.56 Å². The molecule has 1 aliphatic rings. The molecule has 2 aromatic heterocycles. The van der Waals surface area contributed by atoms with Crippen molar-refractivity contribution in [1.29, 1.82) is 0 Å². The second-order valence-electron chi connectivity index (χ2n) is 7.63. The number of methoxy groups -OCH3 is 1. The minimum absolute atomic E-state index is 0.200. The Morgan fingerprint density at radius 2 is 2.03 bits per heavy atom. The lowest BCUT2D eigenvalue weighted by Crippen LogP contribution is -2.41. The van der Waals surface area contributed by atoms with Crippen molar-refractivity contribution in [2.45, 2.75) is 26.9 Å². The zero-order chi connectivity index (χ0) is 20.9. The average Bonchev–Trinajstić information content (AvgIpc) is 3.07. The van der Waals surface area contributed by atoms with Crippen molar-refractivity contribution < 1.29 is 4.74 Å². The lowest BCUT2D eigenvalue weighted by atomic mass is 10.1. The molecule has 0 radical (unpaired) electrons. The number of benzene rings is 1. The summed E-state index contributed by atoms with van der Waals surface area (Å²) < 4.78 is 9.65. The third kappa shape index (κ3) is 3.16. The molecule has 3 aromatic rings. The van der Waals surface area contributed by atoms with E-state index in [0.717, 1.165) is 17.8 Å². The molecule has 4 rings (SSSR count). The minimum atomic E-state index is -0.395. The van der Waals surface area contributed by atoms with Crippen LogP contribution in [0.5, 0.6) is 0 Å². The first-order valence-corrected chi connectivity index (χ1v) is 9.94. The third-order valence-electron chi connectivity index (χ3n) is 5.42. The number of imidazole rings is 1. The predicted molar refractivity (Wildman–Crippen MR) is 113 cm³/mol. The first-order valence-electron chi connectivity index (χ1n) is 9.56. The Morgan fingerprint density at radius 3 is 2.76 bits per heavy atom. The second-order valence-corrected chi connectivity index (χ2v) is 8.07. The number of hydrogen-bond donors (Lipinski definition) is 0. The van der Waals surface area contributed by atoms with Crippen LogP contribution in [-0.2, 0) is 24.9 Å². The van der Waals surface area contributed by atoms with Crippen molar-refractivity contribution >= 4 is 34.4 Å². The van der Waals surface area contributed by atoms with E-state index < -0.39 is 5.69 Å². The van der Waals surface area contributed by atoms with Gasteiger partial charge in [-0.05, 0) is 30.5 Å². The molecule has 9 heteroatoms. The third-order valence-corrected chi connectivity index (χ3v) is 5.66. The van der Waals surface area contributed by atoms with E-state index in [1.165, 1.54) is 9.13 Å². The molecular formula is C20H24ClN5O3. The zero-order valence-electron chi connectivity index (χ0n) is 17.0. The number of aryl methyl sites for hydroxylation is 2. The monoisotopic (exact) mass is 417 g/mol. The van der Waals surface area contributed by atoms with Crippen LogP contribution in [0.25, 0.3) is 11.2 Å². The van der Waals surface area contributed by atoms with Crippen molar-refractivity contribution in [2.24, 2.45) is 13.0 Å². The Bertz CT molecular complexity index is 1210. The number of halogens is 1. The number of nitrogens with zero attached hydrogens (tertiary/aromatic N) is 5. The molecule has 0 saturated heterocycles. The molecule has 0 saturated carbocycles. The van der Waals surface area contributed by atoms with Gasteiger partial charge in [-0.25, -0.2) is 4.79 Å². The van der Waals surface area contributed by atoms with Crippen molar-refractivity contribution in [1.82, 2.24) is 18.7 Å². The van der Waals surface area contributed by atoms with E-state index in [2.05, 4.69) is 11.8 Å². The molecule has 3 heterocycles. The van der Waals surface area contributed by atoms with Crippen LogP contribution >= 0.6 is 11.6 Å². The van der Waals surface area contributed by atoms with Crippen LogP contribution < -0.4 is 16.1 Å². The number of rotatable bonds is 4. The second kappa shape index (κ2) is 7.35. The molecule has 0 bridgehead atoms. The van der Waals surface area contributed by atoms with Gasteiger partial charge in [0.1, 0.15) is 0 Å². The van der Waals surface area contributed by atoms with Gasteiger partial charge in [-0.2, -0.15) is 4.98 Å². The SMILES string of the molecule is COCCn1c(=O)c2c(nc3n2C[C@@H](C)CN3c2cc(Cl)ccc2C)n(C)c1=O. The summed E-state index contributed by atoms with van der Waals surface area (Å²) in [4.78, 5) is 32.7. The lowest BCUT2D eigenvalue weighted by molar-refractivity contribution is 0.184. The molecule has 0 N–H and O–H groups in total. The van der Waals surface area contributed by atoms with Gasteiger partial charge in [-0.15, -0.1) is 0 Å². The van der Waals surface area contributed by atoms with Gasteiger partial charge in [0, 0.05) is 38.0 Å². The van der Waals surface area contributed by atoms with Crippen molar-refractivity contribution in [3.05, 3.63) is 49.6 Å². The van der Waals surface area contributed by atoms with Crippen LogP contribution in [0.3, 0.4) is 0 Å². The zero-order valence-corrected chi connectivity index (χ0v) is 17.7. The molecule has 1 aromatic carbocycles. The van der Waals surface area contributed by atoms with E-state index in [4.69, 9.17) is 21.3 Å². The van der Waals surface area contributed by atoms with Crippen molar-refractivity contribution in [3.63, 3.8) is 0 Å². The number of ether oxygens (including phenoxy) is 1. The summed E-state index contributed by atoms with van der Waals surface area (Å²) in [6.07, 6.45) is 0. The highest BCUT2D eigenvalue weighted by Crippen LogP contribution is 2.35. The molecule has 29 heavy (non-hydrogen) atoms. The summed E-state index contributed by atoms with van der Waals surface area (Å²) in [5.41, 5.74) is 2.11. The maximum atomic E-state index is 13.2. The van der Waals surface area contributed by atoms with Crippen LogP contribution in [0.2, 0.25) is 5.02 Å². The average molecular weight is 418 g/mol. The van der Waals surface area contributed by atoms with Gasteiger partial charge in [0.2, 0.25) is 5.95 Å². The smallest absolute Gasteiger partial charge is 0.332 e. The summed E-state index contributed by atoms with van der Waals surface area (Å²) in [6, 6.07) is 5.74. The van der Waals surface area contributed by atoms with E-state index in [1.807, 2.05) is 29.7 Å². The van der Waals surface area contributed by atoms with E-state index in [-0.39, 0.29) is 24.6 Å². The fourth-order valence-corrected chi connectivity index (χ4v) is 4.13. The molecule has 0 unspecified atom stereocenters. The Hall–Kier alpha value is -2.58. The Labute approximate surface area is 172 Å². The molecule has 8 nitrogen and oxygen atoms in total. The van der Waals surface area contributed by atoms with Gasteiger partial charge < -0.3 is 14.2 Å². The van der Waals surface area contributed by atoms with Crippen LogP contribution in [0.15, 0.2) is 27.8 Å². The van der Waals surface area contributed by atoms with Crippen molar-refractivity contribution in [3.8, 4) is 0 Å². The quantitative estimate of drug-likeness (QED) is 0.651. The van der Waals surface area contributed by atoms with Crippen LogP contribution in [0.1, 0.15) is 12.5 Å². The highest BCUT2D eigenvalue weighted by molar-refractivity contribution is 6.30. The van der Waals surface area contributed by atoms with Crippen LogP contribution in [0, 0.1) is 12.8 Å². The summed E-state index contributed by atoms with van der Waals surface area (Å²) in [5.74, 6) is 0.933. The highest BCUT2D eigenvalue weighted by Gasteiger charge is 2.30. The number of hydrogen-bond acceptors (Lipinski definition) is 5. The highest BCUT2D eigenvalue weighted by atomic mass is 35.5. The Kier molecular flexibility index (Phi) is 5.00. The fourth-order valence-electron chi connectivity index (χ4n) is 3.96. The molecule has 1 atom stereocenters. The summed E-state index contributed by atoms with van der Waals surface area (Å²) >= 11 is 6.25. The topological polar surface area (TPSA) is 74.3 Å². The molecule has 0 aliphatic carbocycles. The van der Waals surface area contributed by atoms with E-state index in [1.54, 1.807) is 14.2 Å². The van der Waals surface area contributed by atoms with Gasteiger partial charge in [-0.3, -0.25) is 13.9 Å². The van der Waals surface area contributed by atoms with Crippen molar-refractivity contribution in [2.75, 3.05) is 25.2 Å². The summed E-state index contributed by atoms with van der Waals surface area (Å²) in [5, 5.41) is 0.640. The van der Waals surface area contributed by atoms with Gasteiger partial charge >= 0.3 is 5.69 Å². The molecule has 0 fully saturated rings.